The first kappa shape index (κ1) is 25.3. The maximum atomic E-state index is 13.5. The average Bonchev–Trinajstić information content (AvgIpc) is 3.06. The van der Waals surface area contributed by atoms with Crippen LogP contribution in [0.15, 0.2) is 54.1 Å². The summed E-state index contributed by atoms with van der Waals surface area (Å²) in [5.41, 5.74) is 1.04. The van der Waals surface area contributed by atoms with Crippen molar-refractivity contribution in [3.8, 4) is 11.5 Å². The second-order valence-electron chi connectivity index (χ2n) is 9.04. The van der Waals surface area contributed by atoms with Crippen LogP contribution in [-0.4, -0.2) is 56.5 Å². The van der Waals surface area contributed by atoms with Gasteiger partial charge in [-0.25, -0.2) is 0 Å². The van der Waals surface area contributed by atoms with E-state index in [0.29, 0.717) is 42.3 Å². The van der Waals surface area contributed by atoms with Crippen molar-refractivity contribution in [2.45, 2.75) is 39.3 Å². The number of nitrogens with zero attached hydrogens (tertiary/aromatic N) is 1. The fraction of sp³-hybridized carbons (Fsp3) is 0.407. The molecular formula is C27H34N2O5. The van der Waals surface area contributed by atoms with Crippen LogP contribution in [0.1, 0.15) is 44.4 Å². The third-order valence-electron chi connectivity index (χ3n) is 5.54. The minimum atomic E-state index is -0.740. The molecule has 3 rings (SSSR count). The Bertz CT molecular complexity index is 1030. The summed E-state index contributed by atoms with van der Waals surface area (Å²) in [5.74, 6) is -0.468. The number of Topliss-reactive ketones (excluding diaryl/α,β-unsaturated/α-hetero) is 1. The van der Waals surface area contributed by atoms with E-state index in [4.69, 9.17) is 9.47 Å². The summed E-state index contributed by atoms with van der Waals surface area (Å²) in [6.07, 6.45) is 0.899. The minimum absolute atomic E-state index is 0.0153. The highest BCUT2D eigenvalue weighted by atomic mass is 16.5. The predicted octanol–water partition coefficient (Wildman–Crippen LogP) is 1.63. The Hall–Kier alpha value is -3.32. The van der Waals surface area contributed by atoms with Crippen molar-refractivity contribution >= 4 is 17.4 Å². The largest absolute Gasteiger partial charge is 0.872 e. The first-order valence-electron chi connectivity index (χ1n) is 11.8. The van der Waals surface area contributed by atoms with E-state index in [-0.39, 0.29) is 11.7 Å². The molecule has 1 amide bonds. The number of amides is 1. The van der Waals surface area contributed by atoms with Crippen molar-refractivity contribution < 1.29 is 29.1 Å². The van der Waals surface area contributed by atoms with Gasteiger partial charge < -0.3 is 24.4 Å². The standard InChI is InChI=1S/C27H34N2O5/c1-6-17-33-21-11-9-20(10-12-21)25(30)23-24(19-7-13-22(14-8-19)34-18(2)3)29(16-15-28(4)5)27(32)26(23)31/h7-14,18,24,30H,6,15-17H2,1-5H3. The van der Waals surface area contributed by atoms with Gasteiger partial charge in [0.05, 0.1) is 45.9 Å². The van der Waals surface area contributed by atoms with E-state index < -0.39 is 23.5 Å². The van der Waals surface area contributed by atoms with E-state index in [9.17, 15) is 14.7 Å². The van der Waals surface area contributed by atoms with Gasteiger partial charge in [-0.15, -0.1) is 0 Å². The van der Waals surface area contributed by atoms with Crippen LogP contribution in [0.25, 0.3) is 5.76 Å². The van der Waals surface area contributed by atoms with E-state index in [0.717, 1.165) is 11.3 Å². The van der Waals surface area contributed by atoms with Crippen molar-refractivity contribution in [2.24, 2.45) is 0 Å². The number of quaternary nitrogens is 1. The molecule has 0 saturated carbocycles. The molecule has 1 aliphatic rings. The van der Waals surface area contributed by atoms with Crippen LogP contribution in [0.3, 0.4) is 0 Å². The van der Waals surface area contributed by atoms with Gasteiger partial charge in [0.25, 0.3) is 5.91 Å². The molecule has 0 spiro atoms. The van der Waals surface area contributed by atoms with Gasteiger partial charge in [-0.05, 0) is 55.7 Å². The zero-order valence-electron chi connectivity index (χ0n) is 20.6. The number of ether oxygens (including phenoxy) is 2. The zero-order valence-corrected chi connectivity index (χ0v) is 20.6. The van der Waals surface area contributed by atoms with Crippen LogP contribution < -0.4 is 19.5 Å². The molecular weight excluding hydrogens is 432 g/mol. The summed E-state index contributed by atoms with van der Waals surface area (Å²) >= 11 is 0. The highest BCUT2D eigenvalue weighted by Crippen LogP contribution is 2.39. The van der Waals surface area contributed by atoms with Crippen LogP contribution in [0.4, 0.5) is 0 Å². The van der Waals surface area contributed by atoms with E-state index in [1.54, 1.807) is 36.4 Å². The molecule has 1 aliphatic heterocycles. The zero-order chi connectivity index (χ0) is 24.8. The smallest absolute Gasteiger partial charge is 0.295 e. The molecule has 0 bridgehead atoms. The lowest BCUT2D eigenvalue weighted by Crippen LogP contribution is -3.06. The monoisotopic (exact) mass is 466 g/mol. The van der Waals surface area contributed by atoms with Crippen LogP contribution >= 0.6 is 0 Å². The summed E-state index contributed by atoms with van der Waals surface area (Å²) in [4.78, 5) is 28.7. The van der Waals surface area contributed by atoms with Gasteiger partial charge in [-0.3, -0.25) is 9.59 Å². The molecule has 34 heavy (non-hydrogen) atoms. The molecule has 0 radical (unpaired) electrons. The number of nitrogens with one attached hydrogen (secondary N) is 1. The van der Waals surface area contributed by atoms with E-state index in [1.165, 1.54) is 4.90 Å². The van der Waals surface area contributed by atoms with Crippen molar-refractivity contribution in [3.63, 3.8) is 0 Å². The average molecular weight is 467 g/mol. The topological polar surface area (TPSA) is 83.3 Å². The number of benzene rings is 2. The van der Waals surface area contributed by atoms with Crippen LogP contribution in [0.5, 0.6) is 11.5 Å². The molecule has 1 fully saturated rings. The van der Waals surface area contributed by atoms with Crippen LogP contribution in [0, 0.1) is 0 Å². The first-order chi connectivity index (χ1) is 16.2. The summed E-state index contributed by atoms with van der Waals surface area (Å²) in [5, 5.41) is 13.5. The Morgan fingerprint density at radius 1 is 1.03 bits per heavy atom. The van der Waals surface area contributed by atoms with Crippen molar-refractivity contribution in [1.29, 1.82) is 0 Å². The number of carbonyl (C=O) groups is 2. The van der Waals surface area contributed by atoms with Crippen molar-refractivity contribution in [1.82, 2.24) is 4.90 Å². The van der Waals surface area contributed by atoms with Gasteiger partial charge in [0.1, 0.15) is 11.5 Å². The lowest BCUT2D eigenvalue weighted by Gasteiger charge is -2.28. The highest BCUT2D eigenvalue weighted by molar-refractivity contribution is 6.46. The molecule has 0 aliphatic carbocycles. The van der Waals surface area contributed by atoms with Crippen molar-refractivity contribution in [3.05, 3.63) is 65.2 Å². The predicted molar refractivity (Wildman–Crippen MR) is 128 cm³/mol. The Morgan fingerprint density at radius 2 is 1.65 bits per heavy atom. The van der Waals surface area contributed by atoms with Gasteiger partial charge in [0.15, 0.2) is 0 Å². The Labute approximate surface area is 201 Å². The second-order valence-corrected chi connectivity index (χ2v) is 9.04. The molecule has 7 nitrogen and oxygen atoms in total. The summed E-state index contributed by atoms with van der Waals surface area (Å²) in [6.45, 7) is 7.49. The molecule has 1 N–H and O–H groups in total. The molecule has 1 saturated heterocycles. The molecule has 1 unspecified atom stereocenters. The Kier molecular flexibility index (Phi) is 8.34. The number of rotatable bonds is 10. The summed E-state index contributed by atoms with van der Waals surface area (Å²) in [6, 6.07) is 13.2. The highest BCUT2D eigenvalue weighted by Gasteiger charge is 2.44. The fourth-order valence-corrected chi connectivity index (χ4v) is 3.87. The molecule has 0 aromatic heterocycles. The molecule has 7 heteroatoms. The maximum absolute atomic E-state index is 13.5. The van der Waals surface area contributed by atoms with Crippen LogP contribution in [-0.2, 0) is 9.59 Å². The third-order valence-corrected chi connectivity index (χ3v) is 5.54. The van der Waals surface area contributed by atoms with Crippen LogP contribution in [0.2, 0.25) is 0 Å². The number of ketones is 1. The molecule has 182 valence electrons. The van der Waals surface area contributed by atoms with Crippen molar-refractivity contribution in [2.75, 3.05) is 33.8 Å². The molecule has 2 aromatic rings. The van der Waals surface area contributed by atoms with Gasteiger partial charge in [-0.1, -0.05) is 36.9 Å². The maximum Gasteiger partial charge on any atom is 0.295 e. The number of likely N-dealkylation sites (N-methyl/N-ethyl adjacent to an activating group) is 1. The number of hydrogen-bond donors (Lipinski definition) is 1. The lowest BCUT2D eigenvalue weighted by molar-refractivity contribution is -0.857. The van der Waals surface area contributed by atoms with E-state index >= 15 is 0 Å². The molecule has 1 atom stereocenters. The van der Waals surface area contributed by atoms with Gasteiger partial charge in [-0.2, -0.15) is 0 Å². The third kappa shape index (κ3) is 5.78. The first-order valence-corrected chi connectivity index (χ1v) is 11.8. The minimum Gasteiger partial charge on any atom is -0.872 e. The SMILES string of the molecule is CCCOc1ccc(C([O-])=C2C(=O)C(=O)N(CC[NH+](C)C)C2c2ccc(OC(C)C)cc2)cc1. The molecule has 2 aromatic carbocycles. The Balaban J connectivity index is 2.03. The van der Waals surface area contributed by atoms with E-state index in [1.807, 2.05) is 47.0 Å². The normalized spacial score (nSPS) is 17.6. The van der Waals surface area contributed by atoms with E-state index in [2.05, 4.69) is 0 Å². The van der Waals surface area contributed by atoms with Gasteiger partial charge in [0.2, 0.25) is 5.78 Å². The number of likely N-dealkylation sites (tertiary alicyclic amines) is 1. The number of hydrogen-bond acceptors (Lipinski definition) is 5. The molecule has 1 heterocycles. The summed E-state index contributed by atoms with van der Waals surface area (Å²) in [7, 11) is 3.96. The second kappa shape index (κ2) is 11.2. The van der Waals surface area contributed by atoms with Gasteiger partial charge in [0, 0.05) is 5.57 Å². The lowest BCUT2D eigenvalue weighted by atomic mass is 9.95. The Morgan fingerprint density at radius 3 is 2.21 bits per heavy atom. The summed E-state index contributed by atoms with van der Waals surface area (Å²) < 4.78 is 11.3. The van der Waals surface area contributed by atoms with Gasteiger partial charge >= 0.3 is 0 Å². The fourth-order valence-electron chi connectivity index (χ4n) is 3.87. The number of carbonyl (C=O) groups excluding carboxylic acids is 2. The quantitative estimate of drug-likeness (QED) is 0.327.